The molecule has 2 N–H and O–H groups in total. The Morgan fingerprint density at radius 3 is 2.35 bits per heavy atom. The van der Waals surface area contributed by atoms with Crippen LogP contribution in [0.1, 0.15) is 40.5 Å². The monoisotopic (exact) mass is 257 g/mol. The molecule has 1 atom stereocenters. The molecule has 0 saturated carbocycles. The predicted molar refractivity (Wildman–Crippen MR) is 76.9 cm³/mol. The Morgan fingerprint density at radius 1 is 1.41 bits per heavy atom. The Labute approximate surface area is 107 Å². The molecule has 1 unspecified atom stereocenters. The highest BCUT2D eigenvalue weighted by molar-refractivity contribution is 7.91. The van der Waals surface area contributed by atoms with Crippen molar-refractivity contribution in [3.63, 3.8) is 0 Å². The Hall–Kier alpha value is -0.810. The Morgan fingerprint density at radius 2 is 2.00 bits per heavy atom. The maximum atomic E-state index is 12.0. The molecule has 0 aliphatic carbocycles. The minimum Gasteiger partial charge on any atom is -0.591 e. The summed E-state index contributed by atoms with van der Waals surface area (Å²) in [6.45, 7) is 7.75. The van der Waals surface area contributed by atoms with Crippen LogP contribution < -0.4 is 5.73 Å². The molecule has 0 bridgehead atoms. The van der Waals surface area contributed by atoms with Crippen molar-refractivity contribution in [1.29, 1.82) is 0 Å². The van der Waals surface area contributed by atoms with Crippen LogP contribution in [0.5, 0.6) is 0 Å². The first-order valence-corrected chi connectivity index (χ1v) is 6.82. The summed E-state index contributed by atoms with van der Waals surface area (Å²) >= 11 is -1.26. The molecular formula is C12H23N3OS. The lowest BCUT2D eigenvalue weighted by Crippen LogP contribution is -2.28. The van der Waals surface area contributed by atoms with Gasteiger partial charge in [0.05, 0.1) is 5.71 Å². The predicted octanol–water partition coefficient (Wildman–Crippen LogP) is 2.23. The van der Waals surface area contributed by atoms with Crippen molar-refractivity contribution in [3.8, 4) is 0 Å². The molecule has 0 aliphatic rings. The molecular weight excluding hydrogens is 234 g/mol. The second kappa shape index (κ2) is 7.50. The number of nitrogens with two attached hydrogens (primary N) is 1. The average molecular weight is 257 g/mol. The fourth-order valence-electron chi connectivity index (χ4n) is 1.09. The van der Waals surface area contributed by atoms with E-state index in [9.17, 15) is 4.55 Å². The third-order valence-electron chi connectivity index (χ3n) is 1.99. The van der Waals surface area contributed by atoms with Crippen LogP contribution in [0.3, 0.4) is 0 Å². The SMILES string of the molecule is CCCC(=N[S+]([O-])C(C)(C)C)C(C=CN)=NC. The molecule has 0 aromatic heterocycles. The number of hydrogen-bond acceptors (Lipinski definition) is 4. The maximum Gasteiger partial charge on any atom is 0.144 e. The van der Waals surface area contributed by atoms with Gasteiger partial charge in [-0.1, -0.05) is 17.7 Å². The van der Waals surface area contributed by atoms with E-state index >= 15 is 0 Å². The summed E-state index contributed by atoms with van der Waals surface area (Å²) in [5.74, 6) is 0. The van der Waals surface area contributed by atoms with Crippen LogP contribution in [0.25, 0.3) is 0 Å². The van der Waals surface area contributed by atoms with Crippen LogP contribution in [0.2, 0.25) is 0 Å². The van der Waals surface area contributed by atoms with Gasteiger partial charge in [0, 0.05) is 7.05 Å². The normalized spacial score (nSPS) is 16.6. The lowest BCUT2D eigenvalue weighted by atomic mass is 10.1. The van der Waals surface area contributed by atoms with Gasteiger partial charge in [0.1, 0.15) is 21.8 Å². The summed E-state index contributed by atoms with van der Waals surface area (Å²) in [5.41, 5.74) is 6.82. The Kier molecular flexibility index (Phi) is 7.15. The van der Waals surface area contributed by atoms with Crippen molar-refractivity contribution in [2.24, 2.45) is 15.1 Å². The third-order valence-corrected chi connectivity index (χ3v) is 3.43. The fourth-order valence-corrected chi connectivity index (χ4v) is 1.74. The zero-order valence-corrected chi connectivity index (χ0v) is 12.2. The zero-order chi connectivity index (χ0) is 13.5. The Balaban J connectivity index is 5.15. The van der Waals surface area contributed by atoms with Crippen molar-refractivity contribution >= 4 is 22.8 Å². The molecule has 5 heteroatoms. The molecule has 0 saturated heterocycles. The van der Waals surface area contributed by atoms with Crippen molar-refractivity contribution < 1.29 is 4.55 Å². The minimum atomic E-state index is -1.26. The average Bonchev–Trinajstić information content (AvgIpc) is 2.24. The highest BCUT2D eigenvalue weighted by atomic mass is 32.2. The zero-order valence-electron chi connectivity index (χ0n) is 11.4. The first-order chi connectivity index (χ1) is 7.86. The second-order valence-electron chi connectivity index (χ2n) is 4.62. The number of hydrogen-bond donors (Lipinski definition) is 1. The van der Waals surface area contributed by atoms with Gasteiger partial charge in [0.2, 0.25) is 0 Å². The van der Waals surface area contributed by atoms with Gasteiger partial charge in [-0.25, -0.2) is 0 Å². The number of rotatable bonds is 5. The van der Waals surface area contributed by atoms with Crippen molar-refractivity contribution in [2.75, 3.05) is 7.05 Å². The largest absolute Gasteiger partial charge is 0.591 e. The van der Waals surface area contributed by atoms with Gasteiger partial charge in [-0.3, -0.25) is 4.99 Å². The van der Waals surface area contributed by atoms with Crippen molar-refractivity contribution in [1.82, 2.24) is 0 Å². The lowest BCUT2D eigenvalue weighted by Gasteiger charge is -2.19. The topological polar surface area (TPSA) is 73.8 Å². The number of aliphatic imine (C=N–C) groups is 1. The summed E-state index contributed by atoms with van der Waals surface area (Å²) < 4.78 is 15.9. The van der Waals surface area contributed by atoms with Crippen LogP contribution >= 0.6 is 0 Å². The van der Waals surface area contributed by atoms with Gasteiger partial charge in [0.25, 0.3) is 0 Å². The van der Waals surface area contributed by atoms with E-state index in [4.69, 9.17) is 5.73 Å². The van der Waals surface area contributed by atoms with Crippen LogP contribution in [-0.4, -0.2) is 27.8 Å². The molecule has 0 aromatic rings. The maximum absolute atomic E-state index is 12.0. The smallest absolute Gasteiger partial charge is 0.144 e. The van der Waals surface area contributed by atoms with E-state index in [1.807, 2.05) is 20.8 Å². The van der Waals surface area contributed by atoms with Gasteiger partial charge in [-0.15, -0.1) is 0 Å². The Bertz CT molecular complexity index is 316. The van der Waals surface area contributed by atoms with E-state index in [2.05, 4.69) is 16.3 Å². The summed E-state index contributed by atoms with van der Waals surface area (Å²) in [6, 6.07) is 0. The van der Waals surface area contributed by atoms with Crippen LogP contribution in [0.15, 0.2) is 21.7 Å². The highest BCUT2D eigenvalue weighted by Crippen LogP contribution is 2.18. The minimum absolute atomic E-state index is 0.357. The van der Waals surface area contributed by atoms with Crippen molar-refractivity contribution in [2.45, 2.75) is 45.3 Å². The van der Waals surface area contributed by atoms with Gasteiger partial charge in [-0.2, -0.15) is 0 Å². The van der Waals surface area contributed by atoms with E-state index in [1.54, 1.807) is 13.1 Å². The van der Waals surface area contributed by atoms with Crippen LogP contribution in [0, 0.1) is 0 Å². The molecule has 0 radical (unpaired) electrons. The molecule has 0 spiro atoms. The van der Waals surface area contributed by atoms with E-state index in [-0.39, 0.29) is 4.75 Å². The number of nitrogens with zero attached hydrogens (tertiary/aromatic N) is 2. The van der Waals surface area contributed by atoms with E-state index < -0.39 is 11.4 Å². The summed E-state index contributed by atoms with van der Waals surface area (Å²) in [6.07, 6.45) is 4.79. The van der Waals surface area contributed by atoms with Gasteiger partial charge >= 0.3 is 0 Å². The summed E-state index contributed by atoms with van der Waals surface area (Å²) in [7, 11) is 1.68. The number of allylic oxidation sites excluding steroid dienone is 1. The molecule has 0 heterocycles. The molecule has 0 fully saturated rings. The van der Waals surface area contributed by atoms with Gasteiger partial charge in [0.15, 0.2) is 0 Å². The molecule has 0 amide bonds. The van der Waals surface area contributed by atoms with Crippen LogP contribution in [0.4, 0.5) is 0 Å². The van der Waals surface area contributed by atoms with E-state index in [1.165, 1.54) is 6.20 Å². The fraction of sp³-hybridized carbons (Fsp3) is 0.667. The van der Waals surface area contributed by atoms with Gasteiger partial charge < -0.3 is 10.3 Å². The van der Waals surface area contributed by atoms with Gasteiger partial charge in [-0.05, 0) is 39.5 Å². The molecule has 4 nitrogen and oxygen atoms in total. The quantitative estimate of drug-likeness (QED) is 0.606. The highest BCUT2D eigenvalue weighted by Gasteiger charge is 2.27. The molecule has 98 valence electrons. The first kappa shape index (κ1) is 16.2. The standard InChI is InChI=1S/C12H23N3OS/c1-6-7-11(10(14-5)8-9-13)15-17(16)12(2,3)4/h8-9H,6-7,13H2,1-5H3. The molecule has 17 heavy (non-hydrogen) atoms. The molecule has 0 rings (SSSR count). The summed E-state index contributed by atoms with van der Waals surface area (Å²) in [4.78, 5) is 4.12. The first-order valence-electron chi connectivity index (χ1n) is 5.71. The molecule has 0 aromatic carbocycles. The van der Waals surface area contributed by atoms with Crippen molar-refractivity contribution in [3.05, 3.63) is 12.3 Å². The van der Waals surface area contributed by atoms with E-state index in [0.29, 0.717) is 5.71 Å². The summed E-state index contributed by atoms with van der Waals surface area (Å²) in [5, 5.41) is 0. The van der Waals surface area contributed by atoms with Crippen LogP contribution in [-0.2, 0) is 11.4 Å². The van der Waals surface area contributed by atoms with E-state index in [0.717, 1.165) is 18.6 Å². The second-order valence-corrected chi connectivity index (χ2v) is 6.52. The third kappa shape index (κ3) is 5.89. The molecule has 0 aliphatic heterocycles. The lowest BCUT2D eigenvalue weighted by molar-refractivity contribution is 0.561.